The number of likely N-dealkylation sites (N-methyl/N-ethyl adjacent to an activating group) is 1. The van der Waals surface area contributed by atoms with Crippen LogP contribution in [0.5, 0.6) is 0 Å². The zero-order valence-corrected chi connectivity index (χ0v) is 16.1. The molecule has 0 fully saturated rings. The van der Waals surface area contributed by atoms with E-state index in [1.54, 1.807) is 6.07 Å². The number of aromatic nitrogens is 2. The Morgan fingerprint density at radius 3 is 2.63 bits per heavy atom. The maximum atomic E-state index is 12.7. The van der Waals surface area contributed by atoms with Crippen LogP contribution in [0, 0.1) is 6.92 Å². The number of benzene rings is 2. The molecule has 1 aromatic heterocycles. The first kappa shape index (κ1) is 18.9. The highest BCUT2D eigenvalue weighted by molar-refractivity contribution is 5.97. The van der Waals surface area contributed by atoms with Gasteiger partial charge in [0.25, 0.3) is 0 Å². The number of nitrogens with one attached hydrogen (secondary N) is 2. The molecule has 0 unspecified atom stereocenters. The maximum Gasteiger partial charge on any atom is 0.334 e. The van der Waals surface area contributed by atoms with Gasteiger partial charge in [-0.2, -0.15) is 0 Å². The van der Waals surface area contributed by atoms with Crippen LogP contribution in [0.4, 0.5) is 10.5 Å². The molecule has 1 amide bonds. The van der Waals surface area contributed by atoms with Crippen LogP contribution in [0.1, 0.15) is 25.0 Å². The Bertz CT molecular complexity index is 999. The number of rotatable bonds is 6. The number of imidazole rings is 1. The van der Waals surface area contributed by atoms with Crippen LogP contribution in [0.2, 0.25) is 0 Å². The SMILES string of the molecule is CCN(CC)CCc1ccc2[nH]c(=O)n(C(=O)Nc3cccc(C)c3)c2c1. The molecule has 0 radical (unpaired) electrons. The van der Waals surface area contributed by atoms with E-state index in [1.807, 2.05) is 43.3 Å². The van der Waals surface area contributed by atoms with Gasteiger partial charge in [0.1, 0.15) is 0 Å². The standard InChI is InChI=1S/C21H26N4O2/c1-4-24(5-2)12-11-16-9-10-18-19(14-16)25(21(27)23-18)20(26)22-17-8-6-7-15(3)13-17/h6-10,13-14H,4-5,11-12H2,1-3H3,(H,22,26)(H,23,27). The fourth-order valence-corrected chi connectivity index (χ4v) is 3.23. The van der Waals surface area contributed by atoms with Gasteiger partial charge in [-0.1, -0.05) is 32.0 Å². The molecule has 0 bridgehead atoms. The molecule has 27 heavy (non-hydrogen) atoms. The van der Waals surface area contributed by atoms with Crippen LogP contribution in [0.25, 0.3) is 11.0 Å². The average molecular weight is 366 g/mol. The summed E-state index contributed by atoms with van der Waals surface area (Å²) in [6, 6.07) is 12.8. The molecule has 0 aliphatic heterocycles. The number of carbonyl (C=O) groups excluding carboxylic acids is 1. The van der Waals surface area contributed by atoms with Gasteiger partial charge in [-0.15, -0.1) is 0 Å². The summed E-state index contributed by atoms with van der Waals surface area (Å²) in [6.07, 6.45) is 0.872. The Balaban J connectivity index is 1.88. The Morgan fingerprint density at radius 2 is 1.93 bits per heavy atom. The summed E-state index contributed by atoms with van der Waals surface area (Å²) in [6.45, 7) is 9.20. The second kappa shape index (κ2) is 8.22. The number of amides is 1. The summed E-state index contributed by atoms with van der Waals surface area (Å²) < 4.78 is 1.17. The van der Waals surface area contributed by atoms with Crippen molar-refractivity contribution < 1.29 is 4.79 Å². The van der Waals surface area contributed by atoms with Crippen molar-refractivity contribution in [3.63, 3.8) is 0 Å². The maximum absolute atomic E-state index is 12.7. The first-order chi connectivity index (χ1) is 13.0. The molecule has 1 heterocycles. The number of hydrogen-bond acceptors (Lipinski definition) is 3. The first-order valence-electron chi connectivity index (χ1n) is 9.35. The van der Waals surface area contributed by atoms with E-state index in [0.717, 1.165) is 37.2 Å². The lowest BCUT2D eigenvalue weighted by atomic mass is 10.1. The molecule has 3 rings (SSSR count). The molecule has 2 N–H and O–H groups in total. The number of H-pyrrole nitrogens is 1. The summed E-state index contributed by atoms with van der Waals surface area (Å²) in [4.78, 5) is 30.2. The summed E-state index contributed by atoms with van der Waals surface area (Å²) in [7, 11) is 0. The topological polar surface area (TPSA) is 70.1 Å². The van der Waals surface area contributed by atoms with Crippen LogP contribution < -0.4 is 11.0 Å². The first-order valence-corrected chi connectivity index (χ1v) is 9.35. The predicted octanol–water partition coefficient (Wildman–Crippen LogP) is 3.60. The summed E-state index contributed by atoms with van der Waals surface area (Å²) >= 11 is 0. The number of nitrogens with zero attached hydrogens (tertiary/aromatic N) is 2. The van der Waals surface area contributed by atoms with E-state index >= 15 is 0 Å². The van der Waals surface area contributed by atoms with E-state index in [0.29, 0.717) is 16.7 Å². The predicted molar refractivity (Wildman–Crippen MR) is 110 cm³/mol. The lowest BCUT2D eigenvalue weighted by Gasteiger charge is -2.17. The van der Waals surface area contributed by atoms with Gasteiger partial charge in [0.15, 0.2) is 0 Å². The van der Waals surface area contributed by atoms with Crippen LogP contribution in [0.3, 0.4) is 0 Å². The molecule has 0 atom stereocenters. The van der Waals surface area contributed by atoms with Crippen molar-refractivity contribution >= 4 is 22.8 Å². The van der Waals surface area contributed by atoms with Crippen LogP contribution >= 0.6 is 0 Å². The fourth-order valence-electron chi connectivity index (χ4n) is 3.23. The van der Waals surface area contributed by atoms with Crippen LogP contribution in [0.15, 0.2) is 47.3 Å². The molecule has 0 saturated heterocycles. The van der Waals surface area contributed by atoms with Crippen molar-refractivity contribution in [1.29, 1.82) is 0 Å². The lowest BCUT2D eigenvalue weighted by molar-refractivity contribution is 0.253. The Kier molecular flexibility index (Phi) is 5.76. The number of carbonyl (C=O) groups is 1. The number of fused-ring (bicyclic) bond motifs is 1. The summed E-state index contributed by atoms with van der Waals surface area (Å²) in [5.74, 6) is 0. The molecule has 6 heteroatoms. The fraction of sp³-hybridized carbons (Fsp3) is 0.333. The lowest BCUT2D eigenvalue weighted by Crippen LogP contribution is -2.29. The van der Waals surface area contributed by atoms with Gasteiger partial charge in [0.2, 0.25) is 0 Å². The van der Waals surface area contributed by atoms with Gasteiger partial charge >= 0.3 is 11.7 Å². The molecular formula is C21H26N4O2. The summed E-state index contributed by atoms with van der Waals surface area (Å²) in [5.41, 5.74) is 3.63. The smallest absolute Gasteiger partial charge is 0.307 e. The van der Waals surface area contributed by atoms with E-state index in [2.05, 4.69) is 29.0 Å². The zero-order chi connectivity index (χ0) is 19.4. The van der Waals surface area contributed by atoms with Gasteiger partial charge in [-0.25, -0.2) is 14.2 Å². The van der Waals surface area contributed by atoms with Crippen molar-refractivity contribution in [2.24, 2.45) is 0 Å². The van der Waals surface area contributed by atoms with Crippen molar-refractivity contribution in [2.45, 2.75) is 27.2 Å². The molecule has 0 aliphatic carbocycles. The van der Waals surface area contributed by atoms with Crippen LogP contribution in [-0.4, -0.2) is 40.1 Å². The minimum absolute atomic E-state index is 0.434. The largest absolute Gasteiger partial charge is 0.334 e. The molecule has 142 valence electrons. The Morgan fingerprint density at radius 1 is 1.15 bits per heavy atom. The third-order valence-corrected chi connectivity index (χ3v) is 4.83. The highest BCUT2D eigenvalue weighted by atomic mass is 16.2. The number of aromatic amines is 1. The molecular weight excluding hydrogens is 340 g/mol. The quantitative estimate of drug-likeness (QED) is 0.700. The normalized spacial score (nSPS) is 11.3. The van der Waals surface area contributed by atoms with Crippen molar-refractivity contribution in [3.05, 3.63) is 64.1 Å². The van der Waals surface area contributed by atoms with Crippen molar-refractivity contribution in [1.82, 2.24) is 14.5 Å². The Hall–Kier alpha value is -2.86. The molecule has 6 nitrogen and oxygen atoms in total. The van der Waals surface area contributed by atoms with E-state index < -0.39 is 11.7 Å². The second-order valence-corrected chi connectivity index (χ2v) is 6.69. The minimum atomic E-state index is -0.460. The molecule has 3 aromatic rings. The van der Waals surface area contributed by atoms with Crippen molar-refractivity contribution in [2.75, 3.05) is 25.0 Å². The van der Waals surface area contributed by atoms with E-state index in [-0.39, 0.29) is 0 Å². The van der Waals surface area contributed by atoms with Crippen molar-refractivity contribution in [3.8, 4) is 0 Å². The second-order valence-electron chi connectivity index (χ2n) is 6.69. The summed E-state index contributed by atoms with van der Waals surface area (Å²) in [5, 5.41) is 2.80. The third-order valence-electron chi connectivity index (χ3n) is 4.83. The van der Waals surface area contributed by atoms with E-state index in [9.17, 15) is 9.59 Å². The molecule has 0 spiro atoms. The number of aryl methyl sites for hydroxylation is 1. The number of anilines is 1. The van der Waals surface area contributed by atoms with Gasteiger partial charge < -0.3 is 15.2 Å². The average Bonchev–Trinajstić information content (AvgIpc) is 2.97. The molecule has 2 aromatic carbocycles. The number of hydrogen-bond donors (Lipinski definition) is 2. The monoisotopic (exact) mass is 366 g/mol. The highest BCUT2D eigenvalue weighted by Gasteiger charge is 2.15. The van der Waals surface area contributed by atoms with Gasteiger partial charge in [-0.3, -0.25) is 0 Å². The van der Waals surface area contributed by atoms with Gasteiger partial charge in [-0.05, 0) is 61.8 Å². The Labute approximate surface area is 158 Å². The van der Waals surface area contributed by atoms with Gasteiger partial charge in [0.05, 0.1) is 11.0 Å². The highest BCUT2D eigenvalue weighted by Crippen LogP contribution is 2.15. The molecule has 0 aliphatic rings. The zero-order valence-electron chi connectivity index (χ0n) is 16.1. The van der Waals surface area contributed by atoms with Gasteiger partial charge in [0, 0.05) is 12.2 Å². The van der Waals surface area contributed by atoms with E-state index in [4.69, 9.17) is 0 Å². The minimum Gasteiger partial charge on any atom is -0.307 e. The van der Waals surface area contributed by atoms with E-state index in [1.165, 1.54) is 4.57 Å². The van der Waals surface area contributed by atoms with Crippen LogP contribution in [-0.2, 0) is 6.42 Å². The third kappa shape index (κ3) is 4.28. The molecule has 0 saturated carbocycles.